The molecule has 8 heteroatoms. The highest BCUT2D eigenvalue weighted by Gasteiger charge is 2.40. The SMILES string of the molecule is O=C(CNC(=O)c1ccc2c(c1)C(=O)N(C1CCCCC1)C2=O)Nc1ccc(Br)cc1. The lowest BCUT2D eigenvalue weighted by molar-refractivity contribution is -0.115. The Morgan fingerprint density at radius 2 is 1.61 bits per heavy atom. The Morgan fingerprint density at radius 3 is 2.32 bits per heavy atom. The van der Waals surface area contributed by atoms with E-state index >= 15 is 0 Å². The maximum atomic E-state index is 12.9. The van der Waals surface area contributed by atoms with Crippen molar-refractivity contribution in [3.05, 3.63) is 63.6 Å². The van der Waals surface area contributed by atoms with Gasteiger partial charge in [0.25, 0.3) is 17.7 Å². The van der Waals surface area contributed by atoms with Crippen LogP contribution in [0.15, 0.2) is 46.9 Å². The van der Waals surface area contributed by atoms with E-state index in [0.29, 0.717) is 11.3 Å². The second-order valence-electron chi connectivity index (χ2n) is 7.77. The Labute approximate surface area is 188 Å². The highest BCUT2D eigenvalue weighted by molar-refractivity contribution is 9.10. The second kappa shape index (κ2) is 9.01. The van der Waals surface area contributed by atoms with Crippen molar-refractivity contribution in [1.82, 2.24) is 10.2 Å². The molecule has 2 aromatic carbocycles. The lowest BCUT2D eigenvalue weighted by Gasteiger charge is -2.29. The zero-order chi connectivity index (χ0) is 22.0. The number of nitrogens with zero attached hydrogens (tertiary/aromatic N) is 1. The smallest absolute Gasteiger partial charge is 0.261 e. The third-order valence-electron chi connectivity index (χ3n) is 5.66. The molecule has 1 fully saturated rings. The molecule has 1 heterocycles. The molecule has 4 amide bonds. The average molecular weight is 484 g/mol. The molecule has 2 aliphatic rings. The third kappa shape index (κ3) is 4.54. The van der Waals surface area contributed by atoms with Crippen LogP contribution in [-0.4, -0.2) is 41.1 Å². The Bertz CT molecular complexity index is 1050. The van der Waals surface area contributed by atoms with E-state index in [0.717, 1.165) is 36.6 Å². The van der Waals surface area contributed by atoms with Crippen LogP contribution in [0.3, 0.4) is 0 Å². The number of carbonyl (C=O) groups excluding carboxylic acids is 4. The maximum Gasteiger partial charge on any atom is 0.261 e. The Hall–Kier alpha value is -3.00. The Kier molecular flexibility index (Phi) is 6.18. The first-order valence-corrected chi connectivity index (χ1v) is 11.1. The normalized spacial score (nSPS) is 16.2. The van der Waals surface area contributed by atoms with E-state index in [1.165, 1.54) is 23.1 Å². The van der Waals surface area contributed by atoms with Gasteiger partial charge < -0.3 is 10.6 Å². The van der Waals surface area contributed by atoms with Gasteiger partial charge in [-0.15, -0.1) is 0 Å². The third-order valence-corrected chi connectivity index (χ3v) is 6.19. The number of amides is 4. The van der Waals surface area contributed by atoms with Gasteiger partial charge in [-0.2, -0.15) is 0 Å². The molecule has 0 atom stereocenters. The van der Waals surface area contributed by atoms with Gasteiger partial charge in [0, 0.05) is 21.8 Å². The van der Waals surface area contributed by atoms with Gasteiger partial charge in [-0.05, 0) is 55.3 Å². The summed E-state index contributed by atoms with van der Waals surface area (Å²) < 4.78 is 0.894. The monoisotopic (exact) mass is 483 g/mol. The lowest BCUT2D eigenvalue weighted by Crippen LogP contribution is -2.40. The molecular formula is C23H22BrN3O4. The number of hydrogen-bond acceptors (Lipinski definition) is 4. The molecule has 1 aliphatic heterocycles. The van der Waals surface area contributed by atoms with E-state index < -0.39 is 5.91 Å². The molecule has 0 aromatic heterocycles. The van der Waals surface area contributed by atoms with Gasteiger partial charge in [-0.3, -0.25) is 24.1 Å². The van der Waals surface area contributed by atoms with Crippen molar-refractivity contribution in [2.75, 3.05) is 11.9 Å². The van der Waals surface area contributed by atoms with Crippen molar-refractivity contribution < 1.29 is 19.2 Å². The number of halogens is 1. The highest BCUT2D eigenvalue weighted by Crippen LogP contribution is 2.31. The van der Waals surface area contributed by atoms with Crippen molar-refractivity contribution in [3.63, 3.8) is 0 Å². The summed E-state index contributed by atoms with van der Waals surface area (Å²) in [7, 11) is 0. The van der Waals surface area contributed by atoms with Crippen molar-refractivity contribution in [2.45, 2.75) is 38.1 Å². The van der Waals surface area contributed by atoms with E-state index in [2.05, 4.69) is 26.6 Å². The van der Waals surface area contributed by atoms with Crippen LogP contribution in [-0.2, 0) is 4.79 Å². The summed E-state index contributed by atoms with van der Waals surface area (Å²) in [6.07, 6.45) is 4.79. The highest BCUT2D eigenvalue weighted by atomic mass is 79.9. The Morgan fingerprint density at radius 1 is 0.935 bits per heavy atom. The fraction of sp³-hybridized carbons (Fsp3) is 0.304. The number of imide groups is 1. The van der Waals surface area contributed by atoms with Crippen molar-refractivity contribution in [3.8, 4) is 0 Å². The van der Waals surface area contributed by atoms with Crippen molar-refractivity contribution in [2.24, 2.45) is 0 Å². The molecule has 7 nitrogen and oxygen atoms in total. The molecule has 4 rings (SSSR count). The maximum absolute atomic E-state index is 12.9. The zero-order valence-electron chi connectivity index (χ0n) is 16.8. The van der Waals surface area contributed by atoms with E-state index in [1.807, 2.05) is 0 Å². The van der Waals surface area contributed by atoms with Crippen LogP contribution in [0.4, 0.5) is 5.69 Å². The number of anilines is 1. The first-order chi connectivity index (χ1) is 14.9. The minimum Gasteiger partial charge on any atom is -0.343 e. The molecular weight excluding hydrogens is 462 g/mol. The number of carbonyl (C=O) groups is 4. The molecule has 2 N–H and O–H groups in total. The van der Waals surface area contributed by atoms with Gasteiger partial charge in [0.2, 0.25) is 5.91 Å². The van der Waals surface area contributed by atoms with Gasteiger partial charge in [0.05, 0.1) is 17.7 Å². The number of hydrogen-bond donors (Lipinski definition) is 2. The zero-order valence-corrected chi connectivity index (χ0v) is 18.4. The molecule has 2 aromatic rings. The average Bonchev–Trinajstić information content (AvgIpc) is 3.04. The van der Waals surface area contributed by atoms with Crippen LogP contribution >= 0.6 is 15.9 Å². The molecule has 160 valence electrons. The number of rotatable bonds is 5. The number of fused-ring (bicyclic) bond motifs is 1. The lowest BCUT2D eigenvalue weighted by atomic mass is 9.94. The van der Waals surface area contributed by atoms with Gasteiger partial charge in [0.15, 0.2) is 0 Å². The van der Waals surface area contributed by atoms with Gasteiger partial charge >= 0.3 is 0 Å². The standard InChI is InChI=1S/C23H22BrN3O4/c24-15-7-9-16(10-8-15)26-20(28)13-25-21(29)14-6-11-18-19(12-14)23(31)27(22(18)30)17-4-2-1-3-5-17/h6-12,17H,1-5,13H2,(H,25,29)(H,26,28). The van der Waals surface area contributed by atoms with E-state index in [4.69, 9.17) is 0 Å². The van der Waals surface area contributed by atoms with Crippen LogP contribution in [0, 0.1) is 0 Å². The summed E-state index contributed by atoms with van der Waals surface area (Å²) in [6, 6.07) is 11.5. The van der Waals surface area contributed by atoms with Crippen LogP contribution in [0.5, 0.6) is 0 Å². The van der Waals surface area contributed by atoms with E-state index in [9.17, 15) is 19.2 Å². The fourth-order valence-corrected chi connectivity index (χ4v) is 4.34. The van der Waals surface area contributed by atoms with Crippen LogP contribution in [0.25, 0.3) is 0 Å². The Balaban J connectivity index is 1.40. The second-order valence-corrected chi connectivity index (χ2v) is 8.69. The quantitative estimate of drug-likeness (QED) is 0.633. The molecule has 0 unspecified atom stereocenters. The summed E-state index contributed by atoms with van der Waals surface area (Å²) in [5.74, 6) is -1.47. The largest absolute Gasteiger partial charge is 0.343 e. The molecule has 1 aliphatic carbocycles. The first-order valence-electron chi connectivity index (χ1n) is 10.3. The summed E-state index contributed by atoms with van der Waals surface area (Å²) in [6.45, 7) is -0.215. The van der Waals surface area contributed by atoms with Gasteiger partial charge in [0.1, 0.15) is 0 Å². The van der Waals surface area contributed by atoms with Crippen LogP contribution < -0.4 is 10.6 Å². The topological polar surface area (TPSA) is 95.6 Å². The van der Waals surface area contributed by atoms with Crippen LogP contribution in [0.1, 0.15) is 63.2 Å². The minimum absolute atomic E-state index is 0.0688. The molecule has 31 heavy (non-hydrogen) atoms. The summed E-state index contributed by atoms with van der Waals surface area (Å²) >= 11 is 3.32. The first kappa shape index (κ1) is 21.2. The molecule has 0 radical (unpaired) electrons. The summed E-state index contributed by atoms with van der Waals surface area (Å²) in [5.41, 5.74) is 1.44. The predicted molar refractivity (Wildman–Crippen MR) is 119 cm³/mol. The van der Waals surface area contributed by atoms with E-state index in [1.54, 1.807) is 24.3 Å². The van der Waals surface area contributed by atoms with Crippen molar-refractivity contribution in [1.29, 1.82) is 0 Å². The minimum atomic E-state index is -0.481. The fourth-order valence-electron chi connectivity index (χ4n) is 4.07. The van der Waals surface area contributed by atoms with Gasteiger partial charge in [-0.25, -0.2) is 0 Å². The molecule has 0 bridgehead atoms. The van der Waals surface area contributed by atoms with Gasteiger partial charge in [-0.1, -0.05) is 35.2 Å². The molecule has 0 spiro atoms. The predicted octanol–water partition coefficient (Wildman–Crippen LogP) is 3.75. The number of benzene rings is 2. The summed E-state index contributed by atoms with van der Waals surface area (Å²) in [5, 5.41) is 5.24. The van der Waals surface area contributed by atoms with Crippen LogP contribution in [0.2, 0.25) is 0 Å². The molecule has 1 saturated carbocycles. The van der Waals surface area contributed by atoms with E-state index in [-0.39, 0.29) is 41.4 Å². The van der Waals surface area contributed by atoms with Crippen molar-refractivity contribution >= 4 is 45.2 Å². The number of nitrogens with one attached hydrogen (secondary N) is 2. The molecule has 0 saturated heterocycles. The summed E-state index contributed by atoms with van der Waals surface area (Å²) in [4.78, 5) is 51.6.